The summed E-state index contributed by atoms with van der Waals surface area (Å²) in [6.07, 6.45) is 11.8. The van der Waals surface area contributed by atoms with E-state index in [2.05, 4.69) is 50.8 Å². The molecule has 0 aliphatic heterocycles. The van der Waals surface area contributed by atoms with Gasteiger partial charge in [0.1, 0.15) is 12.5 Å². The van der Waals surface area contributed by atoms with Gasteiger partial charge in [-0.1, -0.05) is 53.7 Å². The minimum atomic E-state index is 0.569. The third-order valence-electron chi connectivity index (χ3n) is 1.25. The minimum absolute atomic E-state index is 0.569. The number of nitrogens with zero attached hydrogens (tertiary/aromatic N) is 2. The first-order valence-corrected chi connectivity index (χ1v) is 6.73. The van der Waals surface area contributed by atoms with Crippen LogP contribution in [0.5, 0.6) is 0 Å². The average Bonchev–Trinajstić information content (AvgIpc) is 3.14. The SMILES string of the molecule is C=Cc1ncco1.C=Cc1ncco1.CCC.CCC. The van der Waals surface area contributed by atoms with Crippen LogP contribution in [0, 0.1) is 0 Å². The van der Waals surface area contributed by atoms with Crippen molar-refractivity contribution in [1.82, 2.24) is 9.97 Å². The lowest BCUT2D eigenvalue weighted by molar-refractivity contribution is 0.546. The van der Waals surface area contributed by atoms with Crippen LogP contribution in [-0.4, -0.2) is 9.97 Å². The Morgan fingerprint density at radius 1 is 0.850 bits per heavy atom. The summed E-state index contributed by atoms with van der Waals surface area (Å²) in [4.78, 5) is 7.50. The molecule has 0 aliphatic carbocycles. The first kappa shape index (κ1) is 20.2. The van der Waals surface area contributed by atoms with E-state index in [4.69, 9.17) is 8.83 Å². The van der Waals surface area contributed by atoms with Gasteiger partial charge in [0.25, 0.3) is 0 Å². The largest absolute Gasteiger partial charge is 0.445 e. The number of hydrogen-bond acceptors (Lipinski definition) is 4. The molecule has 0 radical (unpaired) electrons. The van der Waals surface area contributed by atoms with Crippen molar-refractivity contribution >= 4 is 12.2 Å². The maximum atomic E-state index is 4.75. The fourth-order valence-electron chi connectivity index (χ4n) is 0.671. The fraction of sp³-hybridized carbons (Fsp3) is 0.375. The fourth-order valence-corrected chi connectivity index (χ4v) is 0.671. The summed E-state index contributed by atoms with van der Waals surface area (Å²) in [7, 11) is 0. The standard InChI is InChI=1S/2C5H5NO.2C3H8/c2*1-2-5-6-3-4-7-5;2*1-3-2/h2*2-4H,1H2;2*3H2,1-2H3. The molecular weight excluding hydrogens is 252 g/mol. The first-order valence-electron chi connectivity index (χ1n) is 6.73. The van der Waals surface area contributed by atoms with Gasteiger partial charge < -0.3 is 8.83 Å². The van der Waals surface area contributed by atoms with Crippen LogP contribution in [0.4, 0.5) is 0 Å². The smallest absolute Gasteiger partial charge is 0.217 e. The lowest BCUT2D eigenvalue weighted by atomic mass is 10.6. The van der Waals surface area contributed by atoms with Crippen molar-refractivity contribution in [3.8, 4) is 0 Å². The van der Waals surface area contributed by atoms with Crippen LogP contribution in [0.25, 0.3) is 12.2 Å². The summed E-state index contributed by atoms with van der Waals surface area (Å²) in [5, 5.41) is 0. The predicted octanol–water partition coefficient (Wildman–Crippen LogP) is 5.47. The van der Waals surface area contributed by atoms with Gasteiger partial charge in [-0.25, -0.2) is 9.97 Å². The molecule has 0 bridgehead atoms. The van der Waals surface area contributed by atoms with Gasteiger partial charge in [0.2, 0.25) is 11.8 Å². The molecule has 2 aromatic rings. The second-order valence-electron chi connectivity index (χ2n) is 3.56. The Balaban J connectivity index is 0. The summed E-state index contributed by atoms with van der Waals surface area (Å²) < 4.78 is 9.51. The van der Waals surface area contributed by atoms with Crippen LogP contribution in [-0.2, 0) is 0 Å². The van der Waals surface area contributed by atoms with Crippen LogP contribution in [0.3, 0.4) is 0 Å². The van der Waals surface area contributed by atoms with Gasteiger partial charge in [-0.3, -0.25) is 0 Å². The summed E-state index contributed by atoms with van der Waals surface area (Å²) in [6, 6.07) is 0. The van der Waals surface area contributed by atoms with E-state index in [1.807, 2.05) is 0 Å². The molecule has 0 unspecified atom stereocenters. The van der Waals surface area contributed by atoms with Crippen molar-refractivity contribution in [3.05, 3.63) is 49.9 Å². The molecule has 2 rings (SSSR count). The van der Waals surface area contributed by atoms with E-state index < -0.39 is 0 Å². The van der Waals surface area contributed by atoms with Crippen molar-refractivity contribution in [2.75, 3.05) is 0 Å². The molecule has 2 aromatic heterocycles. The molecule has 112 valence electrons. The predicted molar refractivity (Wildman–Crippen MR) is 85.1 cm³/mol. The molecule has 0 saturated carbocycles. The monoisotopic (exact) mass is 278 g/mol. The van der Waals surface area contributed by atoms with E-state index in [0.29, 0.717) is 11.8 Å². The van der Waals surface area contributed by atoms with E-state index in [-0.39, 0.29) is 0 Å². The molecule has 2 heterocycles. The van der Waals surface area contributed by atoms with Gasteiger partial charge in [0.05, 0.1) is 12.4 Å². The van der Waals surface area contributed by atoms with Crippen LogP contribution < -0.4 is 0 Å². The zero-order chi connectivity index (χ0) is 15.6. The van der Waals surface area contributed by atoms with Crippen molar-refractivity contribution in [2.45, 2.75) is 40.5 Å². The number of aromatic nitrogens is 2. The Kier molecular flexibility index (Phi) is 17.1. The Morgan fingerprint density at radius 2 is 1.15 bits per heavy atom. The highest BCUT2D eigenvalue weighted by Crippen LogP contribution is 1.93. The molecule has 0 aromatic carbocycles. The van der Waals surface area contributed by atoms with Crippen LogP contribution in [0.2, 0.25) is 0 Å². The van der Waals surface area contributed by atoms with Crippen molar-refractivity contribution in [2.24, 2.45) is 0 Å². The van der Waals surface area contributed by atoms with Gasteiger partial charge in [-0.15, -0.1) is 0 Å². The molecule has 0 amide bonds. The maximum absolute atomic E-state index is 4.75. The van der Waals surface area contributed by atoms with Gasteiger partial charge >= 0.3 is 0 Å². The van der Waals surface area contributed by atoms with Gasteiger partial charge in [0, 0.05) is 0 Å². The summed E-state index contributed by atoms with van der Waals surface area (Å²) in [5.74, 6) is 1.14. The van der Waals surface area contributed by atoms with Crippen LogP contribution in [0.15, 0.2) is 46.9 Å². The van der Waals surface area contributed by atoms with Crippen molar-refractivity contribution < 1.29 is 8.83 Å². The number of rotatable bonds is 2. The summed E-state index contributed by atoms with van der Waals surface area (Å²) in [6.45, 7) is 15.4. The van der Waals surface area contributed by atoms with E-state index in [9.17, 15) is 0 Å². The molecule has 0 fully saturated rings. The molecule has 4 heteroatoms. The Morgan fingerprint density at radius 3 is 1.25 bits per heavy atom. The highest BCUT2D eigenvalue weighted by molar-refractivity contribution is 5.32. The Hall–Kier alpha value is -2.10. The lowest BCUT2D eigenvalue weighted by Crippen LogP contribution is -1.61. The summed E-state index contributed by atoms with van der Waals surface area (Å²) >= 11 is 0. The van der Waals surface area contributed by atoms with E-state index >= 15 is 0 Å². The molecule has 0 N–H and O–H groups in total. The Bertz CT molecular complexity index is 352. The van der Waals surface area contributed by atoms with Gasteiger partial charge in [0.15, 0.2) is 0 Å². The quantitative estimate of drug-likeness (QED) is 0.731. The van der Waals surface area contributed by atoms with Gasteiger partial charge in [-0.05, 0) is 12.2 Å². The summed E-state index contributed by atoms with van der Waals surface area (Å²) in [5.41, 5.74) is 0. The molecule has 4 nitrogen and oxygen atoms in total. The zero-order valence-corrected chi connectivity index (χ0v) is 13.0. The van der Waals surface area contributed by atoms with E-state index in [0.717, 1.165) is 0 Å². The van der Waals surface area contributed by atoms with Crippen LogP contribution >= 0.6 is 0 Å². The maximum Gasteiger partial charge on any atom is 0.217 e. The molecule has 0 spiro atoms. The topological polar surface area (TPSA) is 52.1 Å². The van der Waals surface area contributed by atoms with E-state index in [1.54, 1.807) is 24.5 Å². The highest BCUT2D eigenvalue weighted by atomic mass is 16.3. The third kappa shape index (κ3) is 14.0. The normalized spacial score (nSPS) is 7.80. The highest BCUT2D eigenvalue weighted by Gasteiger charge is 1.82. The van der Waals surface area contributed by atoms with Crippen molar-refractivity contribution in [3.63, 3.8) is 0 Å². The molecule has 0 aliphatic rings. The Labute approximate surface area is 122 Å². The molecule has 0 saturated heterocycles. The molecule has 0 atom stereocenters. The second-order valence-corrected chi connectivity index (χ2v) is 3.56. The number of hydrogen-bond donors (Lipinski definition) is 0. The number of oxazole rings is 2. The minimum Gasteiger partial charge on any atom is -0.445 e. The molecular formula is C16H26N2O2. The zero-order valence-electron chi connectivity index (χ0n) is 13.0. The van der Waals surface area contributed by atoms with Crippen LogP contribution in [0.1, 0.15) is 52.3 Å². The second kappa shape index (κ2) is 16.9. The lowest BCUT2D eigenvalue weighted by Gasteiger charge is -1.71. The first-order chi connectivity index (χ1) is 9.69. The van der Waals surface area contributed by atoms with Crippen molar-refractivity contribution in [1.29, 1.82) is 0 Å². The van der Waals surface area contributed by atoms with Gasteiger partial charge in [-0.2, -0.15) is 0 Å². The average molecular weight is 278 g/mol. The molecule has 20 heavy (non-hydrogen) atoms. The van der Waals surface area contributed by atoms with E-state index in [1.165, 1.54) is 25.4 Å². The third-order valence-corrected chi connectivity index (χ3v) is 1.25.